The van der Waals surface area contributed by atoms with Gasteiger partial charge in [-0.1, -0.05) is 32.6 Å². The zero-order chi connectivity index (χ0) is 18.3. The van der Waals surface area contributed by atoms with Crippen molar-refractivity contribution in [3.05, 3.63) is 29.8 Å². The van der Waals surface area contributed by atoms with Crippen LogP contribution in [0, 0.1) is 0 Å². The summed E-state index contributed by atoms with van der Waals surface area (Å²) in [6, 6.07) is 6.99. The van der Waals surface area contributed by atoms with E-state index in [1.165, 1.54) is 25.7 Å². The maximum Gasteiger partial charge on any atom is 0.338 e. The summed E-state index contributed by atoms with van der Waals surface area (Å²) in [5.41, 5.74) is 0.501. The average Bonchev–Trinajstić information content (AvgIpc) is 2.61. The van der Waals surface area contributed by atoms with Crippen molar-refractivity contribution in [2.24, 2.45) is 0 Å². The Bertz CT molecular complexity index is 495. The molecule has 0 radical (unpaired) electrons. The summed E-state index contributed by atoms with van der Waals surface area (Å²) in [5, 5.41) is 8.54. The Balaban J connectivity index is 2.17. The first-order valence-electron chi connectivity index (χ1n) is 9.25. The molecule has 0 bridgehead atoms. The van der Waals surface area contributed by atoms with Crippen molar-refractivity contribution in [3.8, 4) is 5.75 Å². The topological polar surface area (TPSA) is 72.8 Å². The molecule has 1 aromatic carbocycles. The Morgan fingerprint density at radius 3 is 2.20 bits per heavy atom. The van der Waals surface area contributed by atoms with Gasteiger partial charge in [0.05, 0.1) is 18.8 Å². The fourth-order valence-corrected chi connectivity index (χ4v) is 2.39. The molecule has 1 aromatic rings. The minimum absolute atomic E-state index is 0.161. The van der Waals surface area contributed by atoms with Crippen molar-refractivity contribution < 1.29 is 24.2 Å². The molecule has 0 heterocycles. The number of carbonyl (C=O) groups is 2. The number of ether oxygens (including phenoxy) is 2. The van der Waals surface area contributed by atoms with Crippen LogP contribution in [-0.2, 0) is 9.53 Å². The Morgan fingerprint density at radius 2 is 1.52 bits per heavy atom. The maximum atomic E-state index is 11.9. The highest BCUT2D eigenvalue weighted by Crippen LogP contribution is 2.14. The molecule has 0 saturated heterocycles. The van der Waals surface area contributed by atoms with Crippen molar-refractivity contribution in [1.29, 1.82) is 0 Å². The number of hydrogen-bond donors (Lipinski definition) is 1. The molecule has 0 aliphatic heterocycles. The van der Waals surface area contributed by atoms with Gasteiger partial charge in [-0.2, -0.15) is 0 Å². The first-order valence-corrected chi connectivity index (χ1v) is 9.25. The molecular weight excluding hydrogens is 320 g/mol. The van der Waals surface area contributed by atoms with Gasteiger partial charge >= 0.3 is 11.9 Å². The summed E-state index contributed by atoms with van der Waals surface area (Å²) in [4.78, 5) is 22.3. The van der Waals surface area contributed by atoms with E-state index >= 15 is 0 Å². The van der Waals surface area contributed by atoms with Gasteiger partial charge in [0.1, 0.15) is 5.75 Å². The minimum atomic E-state index is -0.791. The van der Waals surface area contributed by atoms with Gasteiger partial charge in [-0.3, -0.25) is 4.79 Å². The number of carbonyl (C=O) groups excluding carboxylic acids is 1. The lowest BCUT2D eigenvalue weighted by Gasteiger charge is -2.08. The molecular formula is C20H30O5. The van der Waals surface area contributed by atoms with Crippen LogP contribution in [0.3, 0.4) is 0 Å². The average molecular weight is 350 g/mol. The second-order valence-electron chi connectivity index (χ2n) is 6.13. The molecule has 25 heavy (non-hydrogen) atoms. The normalized spacial score (nSPS) is 10.4. The molecule has 5 nitrogen and oxygen atoms in total. The first kappa shape index (κ1) is 21.0. The van der Waals surface area contributed by atoms with Crippen molar-refractivity contribution >= 4 is 11.9 Å². The van der Waals surface area contributed by atoms with Gasteiger partial charge in [-0.05, 0) is 49.9 Å². The van der Waals surface area contributed by atoms with Crippen LogP contribution in [0.2, 0.25) is 0 Å². The fraction of sp³-hybridized carbons (Fsp3) is 0.600. The summed E-state index contributed by atoms with van der Waals surface area (Å²) in [7, 11) is 0. The predicted octanol–water partition coefficient (Wildman–Crippen LogP) is 4.84. The number of hydrogen-bond acceptors (Lipinski definition) is 4. The van der Waals surface area contributed by atoms with Crippen LogP contribution in [0.5, 0.6) is 5.75 Å². The smallest absolute Gasteiger partial charge is 0.338 e. The molecule has 0 amide bonds. The molecule has 0 spiro atoms. The van der Waals surface area contributed by atoms with Gasteiger partial charge in [0.25, 0.3) is 0 Å². The standard InChI is InChI=1S/C20H30O5/c1-2-3-4-5-8-15-24-18-13-11-17(12-14-18)20(23)25-16-9-6-7-10-19(21)22/h11-14H,2-10,15-16H2,1H3,(H,21,22). The second-order valence-corrected chi connectivity index (χ2v) is 6.13. The van der Waals surface area contributed by atoms with Gasteiger partial charge in [-0.15, -0.1) is 0 Å². The van der Waals surface area contributed by atoms with E-state index in [2.05, 4.69) is 6.92 Å². The molecule has 1 N–H and O–H groups in total. The van der Waals surface area contributed by atoms with Crippen molar-refractivity contribution in [2.75, 3.05) is 13.2 Å². The lowest BCUT2D eigenvalue weighted by Crippen LogP contribution is -2.07. The van der Waals surface area contributed by atoms with Gasteiger partial charge in [0.2, 0.25) is 0 Å². The third kappa shape index (κ3) is 10.4. The fourth-order valence-electron chi connectivity index (χ4n) is 2.39. The lowest BCUT2D eigenvalue weighted by atomic mass is 10.2. The molecule has 5 heteroatoms. The van der Waals surface area contributed by atoms with Crippen molar-refractivity contribution in [3.63, 3.8) is 0 Å². The molecule has 0 saturated carbocycles. The van der Waals surface area contributed by atoms with E-state index in [9.17, 15) is 9.59 Å². The van der Waals surface area contributed by atoms with E-state index in [0.717, 1.165) is 18.6 Å². The highest BCUT2D eigenvalue weighted by Gasteiger charge is 2.07. The Hall–Kier alpha value is -2.04. The van der Waals surface area contributed by atoms with Crippen LogP contribution in [-0.4, -0.2) is 30.3 Å². The van der Waals surface area contributed by atoms with Crippen LogP contribution in [0.15, 0.2) is 24.3 Å². The predicted molar refractivity (Wildman–Crippen MR) is 97.1 cm³/mol. The Morgan fingerprint density at radius 1 is 0.880 bits per heavy atom. The van der Waals surface area contributed by atoms with Gasteiger partial charge in [0.15, 0.2) is 0 Å². The quantitative estimate of drug-likeness (QED) is 0.384. The zero-order valence-corrected chi connectivity index (χ0v) is 15.2. The van der Waals surface area contributed by atoms with E-state index in [-0.39, 0.29) is 12.4 Å². The molecule has 0 atom stereocenters. The Kier molecular flexibility index (Phi) is 11.2. The van der Waals surface area contributed by atoms with E-state index in [1.54, 1.807) is 24.3 Å². The molecule has 0 aliphatic carbocycles. The molecule has 0 fully saturated rings. The highest BCUT2D eigenvalue weighted by atomic mass is 16.5. The molecule has 1 rings (SSSR count). The van der Waals surface area contributed by atoms with E-state index in [0.29, 0.717) is 31.6 Å². The molecule has 140 valence electrons. The third-order valence-corrected chi connectivity index (χ3v) is 3.87. The van der Waals surface area contributed by atoms with Gasteiger partial charge < -0.3 is 14.6 Å². The van der Waals surface area contributed by atoms with Crippen LogP contribution >= 0.6 is 0 Å². The van der Waals surface area contributed by atoms with Crippen LogP contribution in [0.4, 0.5) is 0 Å². The highest BCUT2D eigenvalue weighted by molar-refractivity contribution is 5.89. The largest absolute Gasteiger partial charge is 0.494 e. The van der Waals surface area contributed by atoms with E-state index in [1.807, 2.05) is 0 Å². The Labute approximate surface area is 150 Å². The van der Waals surface area contributed by atoms with E-state index in [4.69, 9.17) is 14.6 Å². The van der Waals surface area contributed by atoms with Crippen molar-refractivity contribution in [2.45, 2.75) is 64.7 Å². The lowest BCUT2D eigenvalue weighted by molar-refractivity contribution is -0.137. The number of aliphatic carboxylic acids is 1. The summed E-state index contributed by atoms with van der Waals surface area (Å²) in [5.74, 6) is -0.384. The first-order chi connectivity index (χ1) is 12.1. The molecule has 0 aromatic heterocycles. The summed E-state index contributed by atoms with van der Waals surface area (Å²) in [6.45, 7) is 3.21. The number of carboxylic acids is 1. The summed E-state index contributed by atoms with van der Waals surface area (Å²) >= 11 is 0. The number of benzene rings is 1. The van der Waals surface area contributed by atoms with Crippen molar-refractivity contribution in [1.82, 2.24) is 0 Å². The monoisotopic (exact) mass is 350 g/mol. The van der Waals surface area contributed by atoms with Crippen LogP contribution in [0.1, 0.15) is 75.1 Å². The number of unbranched alkanes of at least 4 members (excludes halogenated alkanes) is 6. The SMILES string of the molecule is CCCCCCCOc1ccc(C(=O)OCCCCCC(=O)O)cc1. The van der Waals surface area contributed by atoms with Gasteiger partial charge in [0, 0.05) is 6.42 Å². The van der Waals surface area contributed by atoms with Crippen LogP contribution < -0.4 is 4.74 Å². The van der Waals surface area contributed by atoms with Gasteiger partial charge in [-0.25, -0.2) is 4.79 Å². The summed E-state index contributed by atoms with van der Waals surface area (Å²) in [6.07, 6.45) is 8.18. The molecule has 0 aliphatic rings. The number of rotatable bonds is 14. The number of esters is 1. The summed E-state index contributed by atoms with van der Waals surface area (Å²) < 4.78 is 10.8. The molecule has 0 unspecified atom stereocenters. The van der Waals surface area contributed by atoms with E-state index < -0.39 is 5.97 Å². The minimum Gasteiger partial charge on any atom is -0.494 e. The maximum absolute atomic E-state index is 11.9. The third-order valence-electron chi connectivity index (χ3n) is 3.87. The zero-order valence-electron chi connectivity index (χ0n) is 15.2. The number of carboxylic acid groups (broad SMARTS) is 1. The second kappa shape index (κ2) is 13.3. The van der Waals surface area contributed by atoms with Crippen LogP contribution in [0.25, 0.3) is 0 Å².